The number of aromatic nitrogens is 4. The van der Waals surface area contributed by atoms with Crippen LogP contribution in [0.25, 0.3) is 11.2 Å². The van der Waals surface area contributed by atoms with Gasteiger partial charge in [0.05, 0.1) is 12.9 Å². The van der Waals surface area contributed by atoms with E-state index in [0.29, 0.717) is 17.8 Å². The molecule has 0 amide bonds. The molecule has 2 aromatic heterocycles. The number of hydrogen-bond acceptors (Lipinski definition) is 9. The maximum Gasteiger partial charge on any atom is 0.272 e. The van der Waals surface area contributed by atoms with E-state index in [4.69, 9.17) is 24.7 Å². The molecule has 2 saturated heterocycles. The molecule has 124 valence electrons. The molecule has 0 aromatic carbocycles. The van der Waals surface area contributed by atoms with Crippen LogP contribution in [0.15, 0.2) is 12.7 Å². The Bertz CT molecular complexity index is 709. The van der Waals surface area contributed by atoms with Crippen LogP contribution in [-0.4, -0.2) is 62.6 Å². The third-order valence-corrected chi connectivity index (χ3v) is 3.97. The summed E-state index contributed by atoms with van der Waals surface area (Å²) in [4.78, 5) is 12.3. The van der Waals surface area contributed by atoms with E-state index in [1.165, 1.54) is 6.33 Å². The zero-order chi connectivity index (χ0) is 16.0. The molecule has 3 N–H and O–H groups in total. The smallest absolute Gasteiger partial charge is 0.272 e. The van der Waals surface area contributed by atoms with Gasteiger partial charge in [-0.05, 0) is 6.92 Å². The fraction of sp³-hybridized carbons (Fsp3) is 0.615. The molecule has 10 heteroatoms. The van der Waals surface area contributed by atoms with E-state index in [9.17, 15) is 5.11 Å². The van der Waals surface area contributed by atoms with E-state index < -0.39 is 31.0 Å². The van der Waals surface area contributed by atoms with Crippen molar-refractivity contribution in [1.29, 1.82) is 0 Å². The number of fused-ring (bicyclic) bond motifs is 2. The van der Waals surface area contributed by atoms with Gasteiger partial charge in [0.1, 0.15) is 30.2 Å². The Balaban J connectivity index is 1.69. The van der Waals surface area contributed by atoms with E-state index in [0.717, 1.165) is 0 Å². The topological polar surface area (TPSA) is 127 Å². The predicted molar refractivity (Wildman–Crippen MR) is 75.9 cm³/mol. The van der Waals surface area contributed by atoms with Gasteiger partial charge < -0.3 is 29.8 Å². The summed E-state index contributed by atoms with van der Waals surface area (Å²) in [6, 6.07) is 0. The molecular weight excluding hydrogens is 306 g/mol. The summed E-state index contributed by atoms with van der Waals surface area (Å²) in [6.45, 7) is 1.34. The largest absolute Gasteiger partial charge is 0.394 e. The first kappa shape index (κ1) is 14.7. The van der Waals surface area contributed by atoms with Gasteiger partial charge in [0.2, 0.25) is 0 Å². The lowest BCUT2D eigenvalue weighted by molar-refractivity contribution is -0.265. The molecule has 2 aliphatic heterocycles. The van der Waals surface area contributed by atoms with Crippen molar-refractivity contribution in [1.82, 2.24) is 19.5 Å². The van der Waals surface area contributed by atoms with Crippen LogP contribution in [0.3, 0.4) is 0 Å². The summed E-state index contributed by atoms with van der Waals surface area (Å²) in [5.74, 6) is 0.290. The normalized spacial score (nSPS) is 33.4. The molecular formula is C13H17N5O5. The third kappa shape index (κ3) is 2.26. The Morgan fingerprint density at radius 2 is 2.09 bits per heavy atom. The van der Waals surface area contributed by atoms with Gasteiger partial charge in [-0.3, -0.25) is 4.57 Å². The molecule has 4 heterocycles. The van der Waals surface area contributed by atoms with Crippen molar-refractivity contribution in [3.63, 3.8) is 0 Å². The van der Waals surface area contributed by atoms with Crippen molar-refractivity contribution in [3.05, 3.63) is 12.7 Å². The Morgan fingerprint density at radius 3 is 2.87 bits per heavy atom. The molecule has 0 aliphatic carbocycles. The van der Waals surface area contributed by atoms with Crippen molar-refractivity contribution in [3.8, 4) is 0 Å². The molecule has 2 fully saturated rings. The number of aliphatic hydroxyl groups excluding tert-OH is 1. The highest BCUT2D eigenvalue weighted by atomic mass is 16.9. The minimum atomic E-state index is -0.773. The number of ether oxygens (including phenoxy) is 4. The average molecular weight is 323 g/mol. The van der Waals surface area contributed by atoms with Crippen LogP contribution >= 0.6 is 0 Å². The first-order valence-corrected chi connectivity index (χ1v) is 7.34. The number of aliphatic hydroxyl groups is 1. The average Bonchev–Trinajstić information content (AvgIpc) is 3.21. The fourth-order valence-corrected chi connectivity index (χ4v) is 2.95. The zero-order valence-electron chi connectivity index (χ0n) is 12.4. The van der Waals surface area contributed by atoms with Gasteiger partial charge in [-0.2, -0.15) is 0 Å². The van der Waals surface area contributed by atoms with E-state index in [1.54, 1.807) is 10.9 Å². The molecule has 0 bridgehead atoms. The van der Waals surface area contributed by atoms with Crippen molar-refractivity contribution in [2.45, 2.75) is 37.9 Å². The molecule has 2 aliphatic rings. The minimum Gasteiger partial charge on any atom is -0.394 e. The maximum atomic E-state index is 9.53. The lowest BCUT2D eigenvalue weighted by atomic mass is 10.1. The molecule has 2 aromatic rings. The van der Waals surface area contributed by atoms with E-state index in [1.807, 2.05) is 6.92 Å². The van der Waals surface area contributed by atoms with E-state index in [2.05, 4.69) is 15.0 Å². The standard InChI is InChI=1S/C13H17N5O5/c1-2-20-13-22-8-6(3-19)21-12(9(8)23-13)18-5-17-7-10(14)15-4-16-11(7)18/h4-6,8-9,12-13,19H,2-3H2,1H3,(H2,14,15,16)/t6-,8+,9+,12-,13?/m1/s1. The highest BCUT2D eigenvalue weighted by Gasteiger charge is 2.54. The monoisotopic (exact) mass is 323 g/mol. The Kier molecular flexibility index (Phi) is 3.62. The summed E-state index contributed by atoms with van der Waals surface area (Å²) in [5, 5.41) is 9.53. The van der Waals surface area contributed by atoms with Gasteiger partial charge in [0.25, 0.3) is 6.48 Å². The summed E-state index contributed by atoms with van der Waals surface area (Å²) in [5.41, 5.74) is 6.82. The molecule has 10 nitrogen and oxygen atoms in total. The summed E-state index contributed by atoms with van der Waals surface area (Å²) >= 11 is 0. The first-order chi connectivity index (χ1) is 11.2. The van der Waals surface area contributed by atoms with Gasteiger partial charge in [0, 0.05) is 6.61 Å². The van der Waals surface area contributed by atoms with Crippen LogP contribution in [0.4, 0.5) is 5.82 Å². The summed E-state index contributed by atoms with van der Waals surface area (Å²) in [6.07, 6.45) is 0.972. The van der Waals surface area contributed by atoms with E-state index >= 15 is 0 Å². The fourth-order valence-electron chi connectivity index (χ4n) is 2.95. The lowest BCUT2D eigenvalue weighted by Gasteiger charge is -2.20. The predicted octanol–water partition coefficient (Wildman–Crippen LogP) is -0.598. The maximum absolute atomic E-state index is 9.53. The number of nitrogen functional groups attached to an aromatic ring is 1. The number of nitrogens with two attached hydrogens (primary N) is 1. The highest BCUT2D eigenvalue weighted by Crippen LogP contribution is 2.40. The molecule has 23 heavy (non-hydrogen) atoms. The van der Waals surface area contributed by atoms with Crippen LogP contribution in [0.1, 0.15) is 13.2 Å². The Labute approximate surface area is 131 Å². The minimum absolute atomic E-state index is 0.191. The van der Waals surface area contributed by atoms with Crippen molar-refractivity contribution in [2.24, 2.45) is 0 Å². The van der Waals surface area contributed by atoms with Crippen molar-refractivity contribution in [2.75, 3.05) is 18.9 Å². The molecule has 4 rings (SSSR count). The van der Waals surface area contributed by atoms with Crippen molar-refractivity contribution < 1.29 is 24.1 Å². The van der Waals surface area contributed by atoms with Gasteiger partial charge in [-0.15, -0.1) is 0 Å². The summed E-state index contributed by atoms with van der Waals surface area (Å²) < 4.78 is 24.4. The van der Waals surface area contributed by atoms with Crippen LogP contribution < -0.4 is 5.73 Å². The molecule has 0 saturated carbocycles. The molecule has 1 unspecified atom stereocenters. The van der Waals surface area contributed by atoms with Gasteiger partial charge in [-0.25, -0.2) is 15.0 Å². The van der Waals surface area contributed by atoms with Crippen LogP contribution in [-0.2, 0) is 18.9 Å². The second kappa shape index (κ2) is 5.65. The molecule has 5 atom stereocenters. The highest BCUT2D eigenvalue weighted by molar-refractivity contribution is 5.81. The molecule has 0 spiro atoms. The second-order valence-corrected chi connectivity index (χ2v) is 5.28. The SMILES string of the molecule is CCOC1O[C@@H]2[C@H](O1)[C@H](n1cnc3c(N)ncnc31)O[C@@H]2CO. The van der Waals surface area contributed by atoms with E-state index in [-0.39, 0.29) is 12.4 Å². The lowest BCUT2D eigenvalue weighted by Crippen LogP contribution is -2.31. The van der Waals surface area contributed by atoms with Gasteiger partial charge >= 0.3 is 0 Å². The Hall–Kier alpha value is -1.85. The van der Waals surface area contributed by atoms with Crippen molar-refractivity contribution >= 4 is 17.0 Å². The van der Waals surface area contributed by atoms with Crippen LogP contribution in [0.5, 0.6) is 0 Å². The zero-order valence-corrected chi connectivity index (χ0v) is 12.4. The number of rotatable bonds is 4. The number of anilines is 1. The molecule has 0 radical (unpaired) electrons. The summed E-state index contributed by atoms with van der Waals surface area (Å²) in [7, 11) is 0. The van der Waals surface area contributed by atoms with Gasteiger partial charge in [0.15, 0.2) is 17.7 Å². The third-order valence-electron chi connectivity index (χ3n) is 3.97. The number of imidazole rings is 1. The number of nitrogens with zero attached hydrogens (tertiary/aromatic N) is 4. The number of hydrogen-bond donors (Lipinski definition) is 2. The van der Waals surface area contributed by atoms with Crippen LogP contribution in [0, 0.1) is 0 Å². The first-order valence-electron chi connectivity index (χ1n) is 7.34. The Morgan fingerprint density at radius 1 is 1.26 bits per heavy atom. The van der Waals surface area contributed by atoms with Crippen LogP contribution in [0.2, 0.25) is 0 Å². The quantitative estimate of drug-likeness (QED) is 0.758. The second-order valence-electron chi connectivity index (χ2n) is 5.28. The van der Waals surface area contributed by atoms with Gasteiger partial charge in [-0.1, -0.05) is 0 Å².